The quantitative estimate of drug-likeness (QED) is 0.861. The fraction of sp³-hybridized carbons (Fsp3) is 0.267. The van der Waals surface area contributed by atoms with Crippen LogP contribution in [0.25, 0.3) is 0 Å². The zero-order valence-electron chi connectivity index (χ0n) is 10.8. The number of ether oxygens (including phenoxy) is 1. The monoisotopic (exact) mass is 259 g/mol. The highest BCUT2D eigenvalue weighted by atomic mass is 16.5. The summed E-state index contributed by atoms with van der Waals surface area (Å²) in [6.07, 6.45) is 2.22. The molecule has 100 valence electrons. The standard InChI is InChI=1S/C15H17NO3/c1-19-15-6-5-12(10-16-15)9-14(18)8-11-3-2-4-13(17)7-11/h2-7,10,14,17-18H,8-9H2,1H3. The van der Waals surface area contributed by atoms with Crippen molar-refractivity contribution in [3.63, 3.8) is 0 Å². The molecule has 0 aliphatic carbocycles. The van der Waals surface area contributed by atoms with Gasteiger partial charge in [-0.1, -0.05) is 18.2 Å². The Kier molecular flexibility index (Phi) is 4.36. The molecule has 0 aliphatic rings. The average molecular weight is 259 g/mol. The number of nitrogens with zero attached hydrogens (tertiary/aromatic N) is 1. The summed E-state index contributed by atoms with van der Waals surface area (Å²) in [4.78, 5) is 4.10. The SMILES string of the molecule is COc1ccc(CC(O)Cc2cccc(O)c2)cn1. The van der Waals surface area contributed by atoms with Gasteiger partial charge in [-0.15, -0.1) is 0 Å². The first-order valence-corrected chi connectivity index (χ1v) is 6.12. The first-order valence-electron chi connectivity index (χ1n) is 6.12. The van der Waals surface area contributed by atoms with Crippen molar-refractivity contribution in [2.24, 2.45) is 0 Å². The summed E-state index contributed by atoms with van der Waals surface area (Å²) < 4.78 is 4.98. The van der Waals surface area contributed by atoms with Crippen LogP contribution in [0, 0.1) is 0 Å². The number of aromatic hydroxyl groups is 1. The van der Waals surface area contributed by atoms with E-state index < -0.39 is 6.10 Å². The molecule has 0 fully saturated rings. The van der Waals surface area contributed by atoms with Crippen LogP contribution in [0.3, 0.4) is 0 Å². The van der Waals surface area contributed by atoms with Gasteiger partial charge in [0.1, 0.15) is 5.75 Å². The highest BCUT2D eigenvalue weighted by Gasteiger charge is 2.08. The number of methoxy groups -OCH3 is 1. The van der Waals surface area contributed by atoms with E-state index in [9.17, 15) is 10.2 Å². The molecule has 0 saturated carbocycles. The Hall–Kier alpha value is -2.07. The van der Waals surface area contributed by atoms with Crippen molar-refractivity contribution in [2.75, 3.05) is 7.11 Å². The van der Waals surface area contributed by atoms with Gasteiger partial charge < -0.3 is 14.9 Å². The number of aliphatic hydroxyl groups excluding tert-OH is 1. The molecular formula is C15H17NO3. The van der Waals surface area contributed by atoms with Crippen LogP contribution in [0.1, 0.15) is 11.1 Å². The summed E-state index contributed by atoms with van der Waals surface area (Å²) in [6, 6.07) is 10.6. The first-order chi connectivity index (χ1) is 9.17. The van der Waals surface area contributed by atoms with E-state index in [4.69, 9.17) is 4.74 Å². The van der Waals surface area contributed by atoms with Gasteiger partial charge in [-0.05, 0) is 29.7 Å². The molecule has 1 aromatic carbocycles. The Balaban J connectivity index is 1.95. The molecule has 19 heavy (non-hydrogen) atoms. The van der Waals surface area contributed by atoms with Crippen LogP contribution >= 0.6 is 0 Å². The van der Waals surface area contributed by atoms with E-state index in [0.717, 1.165) is 11.1 Å². The van der Waals surface area contributed by atoms with Crippen LogP contribution in [0.5, 0.6) is 11.6 Å². The number of pyridine rings is 1. The highest BCUT2D eigenvalue weighted by molar-refractivity contribution is 5.28. The number of phenolic OH excluding ortho intramolecular Hbond substituents is 1. The van der Waals surface area contributed by atoms with Crippen LogP contribution in [0.2, 0.25) is 0 Å². The lowest BCUT2D eigenvalue weighted by molar-refractivity contribution is 0.175. The van der Waals surface area contributed by atoms with E-state index in [-0.39, 0.29) is 5.75 Å². The van der Waals surface area contributed by atoms with Crippen molar-refractivity contribution >= 4 is 0 Å². The van der Waals surface area contributed by atoms with E-state index in [2.05, 4.69) is 4.98 Å². The second-order valence-corrected chi connectivity index (χ2v) is 4.44. The van der Waals surface area contributed by atoms with Crippen LogP contribution in [0.4, 0.5) is 0 Å². The molecule has 2 aromatic rings. The Labute approximate surface area is 112 Å². The van der Waals surface area contributed by atoms with Gasteiger partial charge in [0.25, 0.3) is 0 Å². The number of rotatable bonds is 5. The van der Waals surface area contributed by atoms with Gasteiger partial charge in [-0.2, -0.15) is 0 Å². The van der Waals surface area contributed by atoms with Crippen LogP contribution in [-0.2, 0) is 12.8 Å². The van der Waals surface area contributed by atoms with Crippen molar-refractivity contribution in [1.29, 1.82) is 0 Å². The van der Waals surface area contributed by atoms with Gasteiger partial charge in [0.15, 0.2) is 0 Å². The predicted molar refractivity (Wildman–Crippen MR) is 72.3 cm³/mol. The molecule has 0 radical (unpaired) electrons. The molecule has 2 N–H and O–H groups in total. The average Bonchev–Trinajstić information content (AvgIpc) is 2.39. The van der Waals surface area contributed by atoms with E-state index in [1.54, 1.807) is 37.6 Å². The van der Waals surface area contributed by atoms with E-state index in [0.29, 0.717) is 18.7 Å². The first kappa shape index (κ1) is 13.4. The van der Waals surface area contributed by atoms with Crippen molar-refractivity contribution in [1.82, 2.24) is 4.98 Å². The topological polar surface area (TPSA) is 62.6 Å². The molecule has 1 heterocycles. The maximum Gasteiger partial charge on any atom is 0.212 e. The molecule has 2 rings (SSSR count). The van der Waals surface area contributed by atoms with Crippen molar-refractivity contribution < 1.29 is 14.9 Å². The number of aromatic nitrogens is 1. The third kappa shape index (κ3) is 3.96. The van der Waals surface area contributed by atoms with Gasteiger partial charge in [0, 0.05) is 18.7 Å². The lowest BCUT2D eigenvalue weighted by Crippen LogP contribution is -2.14. The fourth-order valence-corrected chi connectivity index (χ4v) is 1.95. The minimum Gasteiger partial charge on any atom is -0.508 e. The number of benzene rings is 1. The second-order valence-electron chi connectivity index (χ2n) is 4.44. The lowest BCUT2D eigenvalue weighted by Gasteiger charge is -2.11. The molecule has 0 amide bonds. The van der Waals surface area contributed by atoms with E-state index in [1.807, 2.05) is 12.1 Å². The van der Waals surface area contributed by atoms with Gasteiger partial charge in [0.05, 0.1) is 13.2 Å². The second kappa shape index (κ2) is 6.20. The number of phenols is 1. The Morgan fingerprint density at radius 3 is 2.58 bits per heavy atom. The summed E-state index contributed by atoms with van der Waals surface area (Å²) in [5.41, 5.74) is 1.86. The van der Waals surface area contributed by atoms with Crippen LogP contribution < -0.4 is 4.74 Å². The summed E-state index contributed by atoms with van der Waals surface area (Å²) in [5.74, 6) is 0.780. The molecule has 1 aromatic heterocycles. The molecule has 4 nitrogen and oxygen atoms in total. The van der Waals surface area contributed by atoms with Gasteiger partial charge in [-0.25, -0.2) is 4.98 Å². The molecule has 0 bridgehead atoms. The molecular weight excluding hydrogens is 242 g/mol. The number of hydrogen-bond donors (Lipinski definition) is 2. The Morgan fingerprint density at radius 1 is 1.16 bits per heavy atom. The van der Waals surface area contributed by atoms with Gasteiger partial charge in [0.2, 0.25) is 5.88 Å². The fourth-order valence-electron chi connectivity index (χ4n) is 1.95. The van der Waals surface area contributed by atoms with Crippen molar-refractivity contribution in [3.8, 4) is 11.6 Å². The Bertz CT molecular complexity index is 525. The smallest absolute Gasteiger partial charge is 0.212 e. The lowest BCUT2D eigenvalue weighted by atomic mass is 10.0. The van der Waals surface area contributed by atoms with Crippen LogP contribution in [0.15, 0.2) is 42.6 Å². The normalized spacial score (nSPS) is 12.1. The maximum absolute atomic E-state index is 10.0. The van der Waals surface area contributed by atoms with E-state index in [1.165, 1.54) is 0 Å². The molecule has 0 aliphatic heterocycles. The molecule has 4 heteroatoms. The summed E-state index contributed by atoms with van der Waals surface area (Å²) >= 11 is 0. The summed E-state index contributed by atoms with van der Waals surface area (Å²) in [7, 11) is 1.57. The van der Waals surface area contributed by atoms with E-state index >= 15 is 0 Å². The van der Waals surface area contributed by atoms with Crippen LogP contribution in [-0.4, -0.2) is 28.4 Å². The third-order valence-electron chi connectivity index (χ3n) is 2.86. The minimum atomic E-state index is -0.503. The molecule has 0 saturated heterocycles. The summed E-state index contributed by atoms with van der Waals surface area (Å²) in [6.45, 7) is 0. The number of hydrogen-bond acceptors (Lipinski definition) is 4. The van der Waals surface area contributed by atoms with Gasteiger partial charge >= 0.3 is 0 Å². The third-order valence-corrected chi connectivity index (χ3v) is 2.86. The largest absolute Gasteiger partial charge is 0.508 e. The molecule has 0 spiro atoms. The Morgan fingerprint density at radius 2 is 1.95 bits per heavy atom. The zero-order chi connectivity index (χ0) is 13.7. The predicted octanol–water partition coefficient (Wildman–Crippen LogP) is 1.94. The van der Waals surface area contributed by atoms with Crippen molar-refractivity contribution in [2.45, 2.75) is 18.9 Å². The summed E-state index contributed by atoms with van der Waals surface area (Å²) in [5, 5.41) is 19.4. The maximum atomic E-state index is 10.0. The van der Waals surface area contributed by atoms with Gasteiger partial charge in [-0.3, -0.25) is 0 Å². The van der Waals surface area contributed by atoms with Crippen molar-refractivity contribution in [3.05, 3.63) is 53.7 Å². The number of aliphatic hydroxyl groups is 1. The molecule has 1 unspecified atom stereocenters. The molecule has 1 atom stereocenters. The zero-order valence-corrected chi connectivity index (χ0v) is 10.8. The minimum absolute atomic E-state index is 0.218. The highest BCUT2D eigenvalue weighted by Crippen LogP contribution is 2.15.